The van der Waals surface area contributed by atoms with Gasteiger partial charge in [0.05, 0.1) is 28.7 Å². The third-order valence-corrected chi connectivity index (χ3v) is 4.44. The zero-order valence-electron chi connectivity index (χ0n) is 14.7. The van der Waals surface area contributed by atoms with Crippen molar-refractivity contribution in [3.05, 3.63) is 82.7 Å². The summed E-state index contributed by atoms with van der Waals surface area (Å²) in [5.74, 6) is -2.14. The normalized spacial score (nSPS) is 13.0. The van der Waals surface area contributed by atoms with Crippen molar-refractivity contribution >= 4 is 17.8 Å². The standard InChI is InChI=1S/C20H15N3O4/c1-12-7-9-14(10-8-12)22-13(2)17(11-21-22)20(26)27-23-18(24)15-5-3-4-6-16(15)19(23)25/h3-11H,1-2H3. The fourth-order valence-electron chi connectivity index (χ4n) is 2.94. The summed E-state index contributed by atoms with van der Waals surface area (Å²) in [6, 6.07) is 14.0. The quantitative estimate of drug-likeness (QED) is 0.670. The minimum absolute atomic E-state index is 0.173. The van der Waals surface area contributed by atoms with E-state index in [1.54, 1.807) is 23.7 Å². The molecule has 7 nitrogen and oxygen atoms in total. The molecule has 7 heteroatoms. The third-order valence-electron chi connectivity index (χ3n) is 4.44. The van der Waals surface area contributed by atoms with E-state index in [9.17, 15) is 14.4 Å². The lowest BCUT2D eigenvalue weighted by Crippen LogP contribution is -2.32. The van der Waals surface area contributed by atoms with Gasteiger partial charge in [0.2, 0.25) is 0 Å². The highest BCUT2D eigenvalue weighted by Gasteiger charge is 2.39. The maximum atomic E-state index is 12.5. The second-order valence-electron chi connectivity index (χ2n) is 6.22. The summed E-state index contributed by atoms with van der Waals surface area (Å²) in [7, 11) is 0. The SMILES string of the molecule is Cc1ccc(-n2ncc(C(=O)ON3C(=O)c4ccccc4C3=O)c2C)cc1. The van der Waals surface area contributed by atoms with Crippen LogP contribution in [0.4, 0.5) is 0 Å². The number of nitrogens with zero attached hydrogens (tertiary/aromatic N) is 3. The van der Waals surface area contributed by atoms with Crippen LogP contribution in [0.3, 0.4) is 0 Å². The van der Waals surface area contributed by atoms with Crippen molar-refractivity contribution in [2.24, 2.45) is 0 Å². The van der Waals surface area contributed by atoms with Gasteiger partial charge in [-0.1, -0.05) is 34.9 Å². The fourth-order valence-corrected chi connectivity index (χ4v) is 2.94. The van der Waals surface area contributed by atoms with E-state index in [0.717, 1.165) is 11.3 Å². The van der Waals surface area contributed by atoms with Crippen LogP contribution in [0.2, 0.25) is 0 Å². The average Bonchev–Trinajstić information content (AvgIpc) is 3.16. The summed E-state index contributed by atoms with van der Waals surface area (Å²) in [6.45, 7) is 3.69. The Bertz CT molecular complexity index is 1050. The van der Waals surface area contributed by atoms with E-state index in [-0.39, 0.29) is 16.7 Å². The molecule has 0 spiro atoms. The van der Waals surface area contributed by atoms with Crippen molar-refractivity contribution in [1.82, 2.24) is 14.8 Å². The highest BCUT2D eigenvalue weighted by molar-refractivity contribution is 6.21. The van der Waals surface area contributed by atoms with Crippen molar-refractivity contribution in [2.45, 2.75) is 13.8 Å². The minimum atomic E-state index is -0.819. The number of hydroxylamine groups is 2. The van der Waals surface area contributed by atoms with Crippen molar-refractivity contribution in [3.8, 4) is 5.69 Å². The first-order valence-electron chi connectivity index (χ1n) is 8.29. The molecule has 2 heterocycles. The lowest BCUT2D eigenvalue weighted by Gasteiger charge is -2.12. The summed E-state index contributed by atoms with van der Waals surface area (Å²) in [5.41, 5.74) is 3.03. The number of carbonyl (C=O) groups excluding carboxylic acids is 3. The van der Waals surface area contributed by atoms with Gasteiger partial charge in [0, 0.05) is 0 Å². The van der Waals surface area contributed by atoms with E-state index in [1.165, 1.54) is 18.3 Å². The molecule has 1 aliphatic heterocycles. The van der Waals surface area contributed by atoms with E-state index in [4.69, 9.17) is 4.84 Å². The lowest BCUT2D eigenvalue weighted by atomic mass is 10.1. The molecule has 0 saturated carbocycles. The van der Waals surface area contributed by atoms with Gasteiger partial charge in [-0.3, -0.25) is 9.59 Å². The largest absolute Gasteiger partial charge is 0.367 e. The molecule has 4 rings (SSSR count). The number of hydrogen-bond donors (Lipinski definition) is 0. The number of hydrogen-bond acceptors (Lipinski definition) is 5. The van der Waals surface area contributed by atoms with E-state index in [0.29, 0.717) is 10.8 Å². The molecule has 1 aromatic heterocycles. The molecule has 2 amide bonds. The Balaban J connectivity index is 1.59. The Morgan fingerprint density at radius 2 is 1.52 bits per heavy atom. The number of fused-ring (bicyclic) bond motifs is 1. The zero-order valence-corrected chi connectivity index (χ0v) is 14.7. The van der Waals surface area contributed by atoms with Gasteiger partial charge in [-0.05, 0) is 38.1 Å². The Morgan fingerprint density at radius 3 is 2.11 bits per heavy atom. The number of aromatic nitrogens is 2. The molecule has 2 aromatic carbocycles. The van der Waals surface area contributed by atoms with Gasteiger partial charge in [-0.25, -0.2) is 9.48 Å². The molecule has 3 aromatic rings. The van der Waals surface area contributed by atoms with Gasteiger partial charge in [0.1, 0.15) is 5.56 Å². The van der Waals surface area contributed by atoms with Gasteiger partial charge in [-0.15, -0.1) is 0 Å². The van der Waals surface area contributed by atoms with Crippen LogP contribution >= 0.6 is 0 Å². The van der Waals surface area contributed by atoms with Crippen LogP contribution in [0.1, 0.15) is 42.3 Å². The predicted octanol–water partition coefficient (Wildman–Crippen LogP) is 2.86. The van der Waals surface area contributed by atoms with Crippen molar-refractivity contribution in [3.63, 3.8) is 0 Å². The Hall–Kier alpha value is -3.74. The molecule has 0 aliphatic carbocycles. The number of carbonyl (C=O) groups is 3. The van der Waals surface area contributed by atoms with Gasteiger partial charge >= 0.3 is 5.97 Å². The van der Waals surface area contributed by atoms with E-state index in [1.807, 2.05) is 31.2 Å². The second-order valence-corrected chi connectivity index (χ2v) is 6.22. The Labute approximate surface area is 154 Å². The first-order valence-corrected chi connectivity index (χ1v) is 8.29. The number of rotatable bonds is 3. The highest BCUT2D eigenvalue weighted by atomic mass is 16.7. The molecule has 134 valence electrons. The summed E-state index contributed by atoms with van der Waals surface area (Å²) in [6.07, 6.45) is 1.36. The number of imide groups is 1. The maximum absolute atomic E-state index is 12.5. The highest BCUT2D eigenvalue weighted by Crippen LogP contribution is 2.24. The molecule has 0 bridgehead atoms. The third kappa shape index (κ3) is 2.69. The summed E-state index contributed by atoms with van der Waals surface area (Å²) < 4.78 is 1.60. The number of aryl methyl sites for hydroxylation is 1. The molecular formula is C20H15N3O4. The maximum Gasteiger partial charge on any atom is 0.367 e. The smallest absolute Gasteiger partial charge is 0.324 e. The molecular weight excluding hydrogens is 346 g/mol. The number of amides is 2. The van der Waals surface area contributed by atoms with Crippen LogP contribution in [0.15, 0.2) is 54.7 Å². The molecule has 0 radical (unpaired) electrons. The van der Waals surface area contributed by atoms with Crippen LogP contribution in [0.5, 0.6) is 0 Å². The van der Waals surface area contributed by atoms with Crippen LogP contribution in [0, 0.1) is 13.8 Å². The van der Waals surface area contributed by atoms with Crippen molar-refractivity contribution < 1.29 is 19.2 Å². The van der Waals surface area contributed by atoms with Crippen LogP contribution < -0.4 is 0 Å². The molecule has 0 saturated heterocycles. The number of benzene rings is 2. The van der Waals surface area contributed by atoms with E-state index < -0.39 is 17.8 Å². The first-order chi connectivity index (χ1) is 13.0. The van der Waals surface area contributed by atoms with Crippen molar-refractivity contribution in [1.29, 1.82) is 0 Å². The molecule has 0 fully saturated rings. The summed E-state index contributed by atoms with van der Waals surface area (Å²) >= 11 is 0. The van der Waals surface area contributed by atoms with E-state index in [2.05, 4.69) is 5.10 Å². The molecule has 0 N–H and O–H groups in total. The van der Waals surface area contributed by atoms with Crippen molar-refractivity contribution in [2.75, 3.05) is 0 Å². The van der Waals surface area contributed by atoms with Gasteiger partial charge in [-0.2, -0.15) is 5.10 Å². The van der Waals surface area contributed by atoms with Crippen LogP contribution in [0.25, 0.3) is 5.69 Å². The van der Waals surface area contributed by atoms with Crippen LogP contribution in [-0.4, -0.2) is 32.6 Å². The minimum Gasteiger partial charge on any atom is -0.324 e. The molecule has 0 atom stereocenters. The molecule has 27 heavy (non-hydrogen) atoms. The Kier molecular flexibility index (Phi) is 3.84. The van der Waals surface area contributed by atoms with Gasteiger partial charge in [0.15, 0.2) is 0 Å². The van der Waals surface area contributed by atoms with E-state index >= 15 is 0 Å². The summed E-state index contributed by atoms with van der Waals surface area (Å²) in [5, 5.41) is 4.71. The monoisotopic (exact) mass is 361 g/mol. The lowest BCUT2D eigenvalue weighted by molar-refractivity contribution is -0.0585. The van der Waals surface area contributed by atoms with Crippen LogP contribution in [-0.2, 0) is 4.84 Å². The fraction of sp³-hybridized carbons (Fsp3) is 0.100. The summed E-state index contributed by atoms with van der Waals surface area (Å²) in [4.78, 5) is 42.3. The Morgan fingerprint density at radius 1 is 0.926 bits per heavy atom. The predicted molar refractivity (Wildman–Crippen MR) is 95.4 cm³/mol. The van der Waals surface area contributed by atoms with Gasteiger partial charge < -0.3 is 4.84 Å². The first kappa shape index (κ1) is 16.7. The van der Waals surface area contributed by atoms with Gasteiger partial charge in [0.25, 0.3) is 11.8 Å². The topological polar surface area (TPSA) is 81.5 Å². The molecule has 0 unspecified atom stereocenters. The second kappa shape index (κ2) is 6.21. The average molecular weight is 361 g/mol. The zero-order chi connectivity index (χ0) is 19.1. The molecule has 1 aliphatic rings.